The molecule has 0 bridgehead atoms. The smallest absolute Gasteiger partial charge is 0.176 e. The fraction of sp³-hybridized carbons (Fsp3) is 0.500. The first-order valence-corrected chi connectivity index (χ1v) is 6.75. The average molecular weight is 281 g/mol. The lowest BCUT2D eigenvalue weighted by Crippen LogP contribution is -2.16. The fourth-order valence-electron chi connectivity index (χ4n) is 1.92. The number of Topliss-reactive ketones (excluding diaryl/α,β-unsaturated/α-hetero) is 1. The van der Waals surface area contributed by atoms with Gasteiger partial charge in [0.15, 0.2) is 5.78 Å². The van der Waals surface area contributed by atoms with Gasteiger partial charge >= 0.3 is 0 Å². The Bertz CT molecular complexity index is 407. The first-order valence-electron chi connectivity index (χ1n) is 5.83. The highest BCUT2D eigenvalue weighted by Gasteiger charge is 2.28. The molecular formula is C14H17BrO. The summed E-state index contributed by atoms with van der Waals surface area (Å²) in [6.45, 7) is 4.03. The van der Waals surface area contributed by atoms with Crippen LogP contribution in [0.4, 0.5) is 0 Å². The Morgan fingerprint density at radius 3 is 2.75 bits per heavy atom. The van der Waals surface area contributed by atoms with Crippen molar-refractivity contribution in [3.63, 3.8) is 0 Å². The summed E-state index contributed by atoms with van der Waals surface area (Å²) in [5.41, 5.74) is 3.11. The number of hydrogen-bond donors (Lipinski definition) is 0. The Hall–Kier alpha value is -0.630. The third-order valence-electron chi connectivity index (χ3n) is 3.18. The molecule has 1 nitrogen and oxygen atoms in total. The molecule has 1 aliphatic rings. The van der Waals surface area contributed by atoms with Crippen LogP contribution in [0.1, 0.15) is 40.7 Å². The molecule has 1 fully saturated rings. The summed E-state index contributed by atoms with van der Waals surface area (Å²) in [5, 5.41) is 0. The monoisotopic (exact) mass is 280 g/mol. The first kappa shape index (κ1) is 11.8. The van der Waals surface area contributed by atoms with Gasteiger partial charge in [0.05, 0.1) is 4.83 Å². The van der Waals surface area contributed by atoms with E-state index in [1.165, 1.54) is 12.8 Å². The number of carbonyl (C=O) groups excluding carboxylic acids is 1. The molecule has 0 saturated heterocycles. The van der Waals surface area contributed by atoms with Crippen LogP contribution in [0.25, 0.3) is 0 Å². The summed E-state index contributed by atoms with van der Waals surface area (Å²) < 4.78 is 0. The maximum absolute atomic E-state index is 12.2. The van der Waals surface area contributed by atoms with Gasteiger partial charge in [0.1, 0.15) is 0 Å². The van der Waals surface area contributed by atoms with Crippen molar-refractivity contribution in [2.75, 3.05) is 0 Å². The van der Waals surface area contributed by atoms with Gasteiger partial charge in [0.2, 0.25) is 0 Å². The maximum Gasteiger partial charge on any atom is 0.176 e. The van der Waals surface area contributed by atoms with Crippen LogP contribution in [0.15, 0.2) is 18.2 Å². The summed E-state index contributed by atoms with van der Waals surface area (Å²) in [6, 6.07) is 6.08. The number of benzene rings is 1. The predicted molar refractivity (Wildman–Crippen MR) is 70.3 cm³/mol. The molecule has 1 unspecified atom stereocenters. The van der Waals surface area contributed by atoms with E-state index < -0.39 is 0 Å². The largest absolute Gasteiger partial charge is 0.293 e. The molecule has 0 N–H and O–H groups in total. The van der Waals surface area contributed by atoms with E-state index in [1.54, 1.807) is 0 Å². The summed E-state index contributed by atoms with van der Waals surface area (Å²) in [4.78, 5) is 12.2. The summed E-state index contributed by atoms with van der Waals surface area (Å²) >= 11 is 3.53. The Kier molecular flexibility index (Phi) is 3.48. The maximum atomic E-state index is 12.2. The molecule has 1 atom stereocenters. The molecule has 1 aliphatic carbocycles. The second kappa shape index (κ2) is 4.70. The lowest BCUT2D eigenvalue weighted by molar-refractivity contribution is 0.0986. The Labute approximate surface area is 105 Å². The second-order valence-corrected chi connectivity index (χ2v) is 5.93. The lowest BCUT2D eigenvalue weighted by atomic mass is 9.98. The number of ketones is 1. The van der Waals surface area contributed by atoms with Crippen LogP contribution in [0.2, 0.25) is 0 Å². The van der Waals surface area contributed by atoms with Gasteiger partial charge in [-0.25, -0.2) is 0 Å². The molecule has 2 heteroatoms. The van der Waals surface area contributed by atoms with Crippen LogP contribution in [-0.2, 0) is 0 Å². The molecule has 1 aromatic rings. The molecule has 86 valence electrons. The van der Waals surface area contributed by atoms with Crippen molar-refractivity contribution in [2.24, 2.45) is 5.92 Å². The zero-order valence-corrected chi connectivity index (χ0v) is 11.4. The summed E-state index contributed by atoms with van der Waals surface area (Å²) in [5.74, 6) is 1.02. The van der Waals surface area contributed by atoms with Gasteiger partial charge in [-0.15, -0.1) is 0 Å². The van der Waals surface area contributed by atoms with Crippen molar-refractivity contribution in [3.8, 4) is 0 Å². The average Bonchev–Trinajstić information content (AvgIpc) is 3.04. The molecule has 0 radical (unpaired) electrons. The highest BCUT2D eigenvalue weighted by Crippen LogP contribution is 2.36. The van der Waals surface area contributed by atoms with Gasteiger partial charge < -0.3 is 0 Å². The number of alkyl halides is 1. The standard InChI is InChI=1S/C14H17BrO/c1-9-3-4-10(2)12(7-9)14(16)13(15)8-11-5-6-11/h3-4,7,11,13H,5-6,8H2,1-2H3. The summed E-state index contributed by atoms with van der Waals surface area (Å²) in [7, 11) is 0. The number of hydrogen-bond acceptors (Lipinski definition) is 1. The molecule has 1 saturated carbocycles. The van der Waals surface area contributed by atoms with Crippen LogP contribution in [0.3, 0.4) is 0 Å². The first-order chi connectivity index (χ1) is 7.58. The third kappa shape index (κ3) is 2.73. The number of rotatable bonds is 4. The van der Waals surface area contributed by atoms with Gasteiger partial charge in [-0.3, -0.25) is 4.79 Å². The van der Waals surface area contributed by atoms with Gasteiger partial charge in [-0.1, -0.05) is 46.5 Å². The summed E-state index contributed by atoms with van der Waals surface area (Å²) in [6.07, 6.45) is 3.58. The molecular weight excluding hydrogens is 264 g/mol. The van der Waals surface area contributed by atoms with E-state index in [4.69, 9.17) is 0 Å². The molecule has 0 spiro atoms. The molecule has 0 aliphatic heterocycles. The van der Waals surface area contributed by atoms with E-state index in [2.05, 4.69) is 22.0 Å². The third-order valence-corrected chi connectivity index (χ3v) is 3.97. The zero-order valence-electron chi connectivity index (χ0n) is 9.79. The van der Waals surface area contributed by atoms with Crippen LogP contribution < -0.4 is 0 Å². The van der Waals surface area contributed by atoms with Crippen molar-refractivity contribution < 1.29 is 4.79 Å². The van der Waals surface area contributed by atoms with Crippen molar-refractivity contribution in [1.29, 1.82) is 0 Å². The van der Waals surface area contributed by atoms with E-state index in [0.717, 1.165) is 29.0 Å². The van der Waals surface area contributed by atoms with E-state index in [9.17, 15) is 4.79 Å². The Morgan fingerprint density at radius 2 is 2.12 bits per heavy atom. The number of aryl methyl sites for hydroxylation is 2. The van der Waals surface area contributed by atoms with Gasteiger partial charge in [0, 0.05) is 5.56 Å². The topological polar surface area (TPSA) is 17.1 Å². The molecule has 0 aromatic heterocycles. The van der Waals surface area contributed by atoms with Crippen molar-refractivity contribution in [1.82, 2.24) is 0 Å². The van der Waals surface area contributed by atoms with Crippen LogP contribution >= 0.6 is 15.9 Å². The molecule has 0 heterocycles. The van der Waals surface area contributed by atoms with Crippen LogP contribution in [-0.4, -0.2) is 10.6 Å². The second-order valence-electron chi connectivity index (χ2n) is 4.83. The van der Waals surface area contributed by atoms with Gasteiger partial charge in [-0.05, 0) is 37.8 Å². The van der Waals surface area contributed by atoms with E-state index in [0.29, 0.717) is 0 Å². The van der Waals surface area contributed by atoms with Gasteiger partial charge in [0.25, 0.3) is 0 Å². The zero-order chi connectivity index (χ0) is 11.7. The minimum atomic E-state index is 0.000463. The highest BCUT2D eigenvalue weighted by atomic mass is 79.9. The minimum absolute atomic E-state index is 0.000463. The predicted octanol–water partition coefficient (Wildman–Crippen LogP) is 4.05. The van der Waals surface area contributed by atoms with E-state index in [-0.39, 0.29) is 10.6 Å². The van der Waals surface area contributed by atoms with Crippen molar-refractivity contribution >= 4 is 21.7 Å². The minimum Gasteiger partial charge on any atom is -0.293 e. The van der Waals surface area contributed by atoms with Crippen LogP contribution in [0, 0.1) is 19.8 Å². The lowest BCUT2D eigenvalue weighted by Gasteiger charge is -2.11. The van der Waals surface area contributed by atoms with Crippen molar-refractivity contribution in [2.45, 2.75) is 37.9 Å². The fourth-order valence-corrected chi connectivity index (χ4v) is 2.70. The molecule has 16 heavy (non-hydrogen) atoms. The van der Waals surface area contributed by atoms with Crippen LogP contribution in [0.5, 0.6) is 0 Å². The Balaban J connectivity index is 2.14. The van der Waals surface area contributed by atoms with E-state index >= 15 is 0 Å². The normalized spacial score (nSPS) is 17.2. The quantitative estimate of drug-likeness (QED) is 0.601. The van der Waals surface area contributed by atoms with Gasteiger partial charge in [-0.2, -0.15) is 0 Å². The number of halogens is 1. The molecule has 2 rings (SSSR count). The number of carbonyl (C=O) groups is 1. The Morgan fingerprint density at radius 1 is 1.44 bits per heavy atom. The van der Waals surface area contributed by atoms with E-state index in [1.807, 2.05) is 26.0 Å². The highest BCUT2D eigenvalue weighted by molar-refractivity contribution is 9.10. The SMILES string of the molecule is Cc1ccc(C)c(C(=O)C(Br)CC2CC2)c1. The molecule has 1 aromatic carbocycles. The molecule has 0 amide bonds. The van der Waals surface area contributed by atoms with Crippen molar-refractivity contribution in [3.05, 3.63) is 34.9 Å².